The third-order valence-electron chi connectivity index (χ3n) is 0.891. The van der Waals surface area contributed by atoms with Crippen molar-refractivity contribution in [2.24, 2.45) is 0 Å². The van der Waals surface area contributed by atoms with Gasteiger partial charge in [-0.05, 0) is 12.1 Å². The number of aromatic nitrogens is 3. The number of hydrogen-bond donors (Lipinski definition) is 1. The molecular formula is C4H5ClN4OS. The summed E-state index contributed by atoms with van der Waals surface area (Å²) in [5, 5.41) is 9.03. The molecule has 1 heterocycles. The molecule has 1 N–H and O–H groups in total. The zero-order chi connectivity index (χ0) is 8.27. The molecule has 0 saturated heterocycles. The number of nitrogens with zero attached hydrogens (tertiary/aromatic N) is 3. The van der Waals surface area contributed by atoms with Crippen molar-refractivity contribution in [3.63, 3.8) is 0 Å². The number of carbonyl (C=O) groups excluding carboxylic acids is 1. The first-order chi connectivity index (χ1) is 5.20. The lowest BCUT2D eigenvalue weighted by molar-refractivity contribution is -0.115. The minimum atomic E-state index is -0.570. The fourth-order valence-corrected chi connectivity index (χ4v) is 0.811. The van der Waals surface area contributed by atoms with Crippen molar-refractivity contribution in [1.82, 2.24) is 14.8 Å². The highest BCUT2D eigenvalue weighted by atomic mass is 35.5. The van der Waals surface area contributed by atoms with E-state index in [1.807, 2.05) is 0 Å². The van der Waals surface area contributed by atoms with E-state index in [2.05, 4.69) is 20.1 Å². The quantitative estimate of drug-likeness (QED) is 0.693. The van der Waals surface area contributed by atoms with Crippen molar-refractivity contribution in [3.05, 3.63) is 0 Å². The van der Waals surface area contributed by atoms with Gasteiger partial charge in [-0.15, -0.1) is 11.6 Å². The van der Waals surface area contributed by atoms with E-state index < -0.39 is 5.38 Å². The Morgan fingerprint density at radius 3 is 3.00 bits per heavy atom. The van der Waals surface area contributed by atoms with Crippen molar-refractivity contribution in [2.75, 3.05) is 5.32 Å². The van der Waals surface area contributed by atoms with E-state index in [-0.39, 0.29) is 5.91 Å². The van der Waals surface area contributed by atoms with Crippen molar-refractivity contribution < 1.29 is 4.79 Å². The SMILES string of the molecule is CC(Cl)C(=O)Nc1nnns1. The Labute approximate surface area is 71.9 Å². The van der Waals surface area contributed by atoms with Crippen LogP contribution in [0.4, 0.5) is 5.13 Å². The molecule has 0 spiro atoms. The van der Waals surface area contributed by atoms with Crippen LogP contribution in [0.5, 0.6) is 0 Å². The number of amides is 1. The Kier molecular flexibility index (Phi) is 2.72. The summed E-state index contributed by atoms with van der Waals surface area (Å²) < 4.78 is 3.46. The van der Waals surface area contributed by atoms with E-state index >= 15 is 0 Å². The maximum Gasteiger partial charge on any atom is 0.244 e. The summed E-state index contributed by atoms with van der Waals surface area (Å²) in [6, 6.07) is 0. The third kappa shape index (κ3) is 2.39. The second-order valence-electron chi connectivity index (χ2n) is 1.77. The molecule has 60 valence electrons. The Morgan fingerprint density at radius 2 is 2.55 bits per heavy atom. The Balaban J connectivity index is 2.50. The molecular weight excluding hydrogens is 188 g/mol. The van der Waals surface area contributed by atoms with E-state index in [9.17, 15) is 4.79 Å². The van der Waals surface area contributed by atoms with Crippen LogP contribution in [0.25, 0.3) is 0 Å². The summed E-state index contributed by atoms with van der Waals surface area (Å²) >= 11 is 6.47. The topological polar surface area (TPSA) is 67.8 Å². The van der Waals surface area contributed by atoms with Crippen LogP contribution in [-0.4, -0.2) is 26.1 Å². The zero-order valence-electron chi connectivity index (χ0n) is 5.61. The number of alkyl halides is 1. The summed E-state index contributed by atoms with van der Waals surface area (Å²) in [4.78, 5) is 10.9. The van der Waals surface area contributed by atoms with Gasteiger partial charge in [-0.1, -0.05) is 9.59 Å². The predicted molar refractivity (Wildman–Crippen MR) is 41.6 cm³/mol. The van der Waals surface area contributed by atoms with Crippen LogP contribution in [0.3, 0.4) is 0 Å². The van der Waals surface area contributed by atoms with Gasteiger partial charge in [-0.2, -0.15) is 0 Å². The molecule has 0 aliphatic carbocycles. The first-order valence-corrected chi connectivity index (χ1v) is 4.01. The highest BCUT2D eigenvalue weighted by molar-refractivity contribution is 7.09. The highest BCUT2D eigenvalue weighted by Crippen LogP contribution is 2.06. The average Bonchev–Trinajstić information content (AvgIpc) is 2.39. The van der Waals surface area contributed by atoms with E-state index in [1.54, 1.807) is 6.92 Å². The normalized spacial score (nSPS) is 12.5. The molecule has 0 fully saturated rings. The van der Waals surface area contributed by atoms with Gasteiger partial charge in [0.2, 0.25) is 11.0 Å². The molecule has 1 atom stereocenters. The Bertz CT molecular complexity index is 236. The molecule has 0 aliphatic heterocycles. The first-order valence-electron chi connectivity index (χ1n) is 2.80. The monoisotopic (exact) mass is 192 g/mol. The molecule has 5 nitrogen and oxygen atoms in total. The van der Waals surface area contributed by atoms with Crippen LogP contribution < -0.4 is 5.32 Å². The summed E-state index contributed by atoms with van der Waals surface area (Å²) in [5.74, 6) is -0.301. The number of rotatable bonds is 2. The maximum absolute atomic E-state index is 10.9. The van der Waals surface area contributed by atoms with Gasteiger partial charge in [0.05, 0.1) is 0 Å². The second-order valence-corrected chi connectivity index (χ2v) is 3.16. The minimum absolute atomic E-state index is 0.301. The van der Waals surface area contributed by atoms with Crippen LogP contribution in [-0.2, 0) is 4.79 Å². The smallest absolute Gasteiger partial charge is 0.244 e. The molecule has 7 heteroatoms. The number of nitrogens with one attached hydrogen (secondary N) is 1. The van der Waals surface area contributed by atoms with Gasteiger partial charge < -0.3 is 0 Å². The molecule has 0 aromatic carbocycles. The second kappa shape index (κ2) is 3.59. The van der Waals surface area contributed by atoms with Gasteiger partial charge in [-0.3, -0.25) is 10.1 Å². The third-order valence-corrected chi connectivity index (χ3v) is 1.60. The first kappa shape index (κ1) is 8.35. The number of halogens is 1. The van der Waals surface area contributed by atoms with Crippen LogP contribution in [0.15, 0.2) is 0 Å². The predicted octanol–water partition coefficient (Wildman–Crippen LogP) is 0.499. The molecule has 1 unspecified atom stereocenters. The molecule has 0 saturated carbocycles. The molecule has 0 radical (unpaired) electrons. The molecule has 1 rings (SSSR count). The van der Waals surface area contributed by atoms with Crippen molar-refractivity contribution in [1.29, 1.82) is 0 Å². The van der Waals surface area contributed by atoms with Gasteiger partial charge >= 0.3 is 0 Å². The number of anilines is 1. The van der Waals surface area contributed by atoms with Crippen LogP contribution >= 0.6 is 23.1 Å². The van der Waals surface area contributed by atoms with Gasteiger partial charge in [-0.25, -0.2) is 0 Å². The molecule has 0 bridgehead atoms. The number of hydrogen-bond acceptors (Lipinski definition) is 5. The van der Waals surface area contributed by atoms with Crippen molar-refractivity contribution in [3.8, 4) is 0 Å². The standard InChI is InChI=1S/C4H5ClN4OS/c1-2(5)3(10)6-4-7-8-9-11-4/h2H,1H3,(H,6,7,9,10). The fourth-order valence-electron chi connectivity index (χ4n) is 0.387. The summed E-state index contributed by atoms with van der Waals surface area (Å²) in [6.45, 7) is 1.57. The minimum Gasteiger partial charge on any atom is -0.298 e. The van der Waals surface area contributed by atoms with Crippen LogP contribution in [0.2, 0.25) is 0 Å². The van der Waals surface area contributed by atoms with E-state index in [0.717, 1.165) is 11.5 Å². The summed E-state index contributed by atoms with van der Waals surface area (Å²) in [5.41, 5.74) is 0. The van der Waals surface area contributed by atoms with Gasteiger partial charge in [0, 0.05) is 11.5 Å². The van der Waals surface area contributed by atoms with Crippen LogP contribution in [0.1, 0.15) is 6.92 Å². The zero-order valence-corrected chi connectivity index (χ0v) is 7.19. The summed E-state index contributed by atoms with van der Waals surface area (Å²) in [7, 11) is 0. The van der Waals surface area contributed by atoms with Crippen molar-refractivity contribution in [2.45, 2.75) is 12.3 Å². The highest BCUT2D eigenvalue weighted by Gasteiger charge is 2.10. The number of carbonyl (C=O) groups is 1. The van der Waals surface area contributed by atoms with Crippen molar-refractivity contribution >= 4 is 34.2 Å². The Morgan fingerprint density at radius 1 is 1.82 bits per heavy atom. The Hall–Kier alpha value is -0.750. The molecule has 1 aromatic heterocycles. The largest absolute Gasteiger partial charge is 0.298 e. The van der Waals surface area contributed by atoms with Gasteiger partial charge in [0.15, 0.2) is 0 Å². The lowest BCUT2D eigenvalue weighted by Crippen LogP contribution is -2.20. The molecule has 0 aliphatic rings. The van der Waals surface area contributed by atoms with Gasteiger partial charge in [0.1, 0.15) is 5.38 Å². The summed E-state index contributed by atoms with van der Waals surface area (Å²) in [6.07, 6.45) is 0. The molecule has 1 aromatic rings. The molecule has 1 amide bonds. The van der Waals surface area contributed by atoms with Crippen LogP contribution in [0, 0.1) is 0 Å². The lowest BCUT2D eigenvalue weighted by atomic mass is 10.4. The van der Waals surface area contributed by atoms with E-state index in [1.165, 1.54) is 0 Å². The van der Waals surface area contributed by atoms with Gasteiger partial charge in [0.25, 0.3) is 0 Å². The lowest BCUT2D eigenvalue weighted by Gasteiger charge is -1.99. The average molecular weight is 193 g/mol. The van der Waals surface area contributed by atoms with E-state index in [4.69, 9.17) is 11.6 Å². The fraction of sp³-hybridized carbons (Fsp3) is 0.500. The van der Waals surface area contributed by atoms with E-state index in [0.29, 0.717) is 5.13 Å². The maximum atomic E-state index is 10.9. The molecule has 11 heavy (non-hydrogen) atoms.